The number of carbonyl (C=O) groups excluding carboxylic acids is 1. The van der Waals surface area contributed by atoms with Crippen LogP contribution in [0.5, 0.6) is 5.75 Å². The van der Waals surface area contributed by atoms with Crippen molar-refractivity contribution in [3.63, 3.8) is 0 Å². The lowest BCUT2D eigenvalue weighted by molar-refractivity contribution is 0.0526. The number of halogens is 1. The van der Waals surface area contributed by atoms with E-state index in [1.807, 2.05) is 31.4 Å². The summed E-state index contributed by atoms with van der Waals surface area (Å²) in [6.07, 6.45) is 3.35. The summed E-state index contributed by atoms with van der Waals surface area (Å²) in [5, 5.41) is 4.27. The Hall–Kier alpha value is -1.99. The minimum Gasteiger partial charge on any atom is -0.492 e. The minimum absolute atomic E-state index is 0.289. The van der Waals surface area contributed by atoms with Crippen LogP contribution in [0, 0.1) is 0 Å². The summed E-state index contributed by atoms with van der Waals surface area (Å²) in [6, 6.07) is 5.55. The summed E-state index contributed by atoms with van der Waals surface area (Å²) in [5.41, 5.74) is 1.24. The normalized spacial score (nSPS) is 10.4. The first-order valence-electron chi connectivity index (χ1n) is 7.82. The first-order chi connectivity index (χ1) is 12.1. The number of benzene rings is 1. The first kappa shape index (κ1) is 19.3. The molecule has 8 heteroatoms. The Balaban J connectivity index is 2.18. The number of esters is 1. The maximum atomic E-state index is 12.1. The number of hydrogen-bond acceptors (Lipinski definition) is 7. The van der Waals surface area contributed by atoms with Crippen LogP contribution in [-0.4, -0.2) is 35.4 Å². The van der Waals surface area contributed by atoms with Crippen molar-refractivity contribution in [3.05, 3.63) is 40.5 Å². The zero-order valence-electron chi connectivity index (χ0n) is 14.3. The smallest absolute Gasteiger partial charge is 0.343 e. The molecule has 0 amide bonds. The SMILES string of the molecule is CCOC(=O)c1cnc(SC)nc1NCc1ccc(OCC)c(Cl)c1. The summed E-state index contributed by atoms with van der Waals surface area (Å²) >= 11 is 7.60. The lowest BCUT2D eigenvalue weighted by Crippen LogP contribution is -2.12. The van der Waals surface area contributed by atoms with Gasteiger partial charge in [-0.3, -0.25) is 0 Å². The van der Waals surface area contributed by atoms with Crippen molar-refractivity contribution in [2.75, 3.05) is 24.8 Å². The molecule has 0 aliphatic carbocycles. The Morgan fingerprint density at radius 1 is 1.32 bits per heavy atom. The van der Waals surface area contributed by atoms with Crippen LogP contribution in [0.4, 0.5) is 5.82 Å². The maximum Gasteiger partial charge on any atom is 0.343 e. The molecule has 1 aromatic carbocycles. The second-order valence-corrected chi connectivity index (χ2v) is 6.07. The molecule has 0 saturated carbocycles. The summed E-state index contributed by atoms with van der Waals surface area (Å²) in [4.78, 5) is 20.6. The third kappa shape index (κ3) is 5.24. The fourth-order valence-electron chi connectivity index (χ4n) is 2.07. The quantitative estimate of drug-likeness (QED) is 0.420. The lowest BCUT2D eigenvalue weighted by atomic mass is 10.2. The Kier molecular flexibility index (Phi) is 7.33. The number of carbonyl (C=O) groups is 1. The van der Waals surface area contributed by atoms with Gasteiger partial charge in [0.05, 0.1) is 18.2 Å². The average Bonchev–Trinajstić information content (AvgIpc) is 2.62. The van der Waals surface area contributed by atoms with E-state index in [-0.39, 0.29) is 6.61 Å². The van der Waals surface area contributed by atoms with Gasteiger partial charge in [0.2, 0.25) is 0 Å². The van der Waals surface area contributed by atoms with E-state index >= 15 is 0 Å². The monoisotopic (exact) mass is 381 g/mol. The Labute approximate surface area is 156 Å². The molecule has 6 nitrogen and oxygen atoms in total. The molecule has 0 spiro atoms. The molecule has 1 aromatic heterocycles. The molecular formula is C17H20ClN3O3S. The van der Waals surface area contributed by atoms with Crippen LogP contribution in [0.2, 0.25) is 5.02 Å². The van der Waals surface area contributed by atoms with E-state index in [9.17, 15) is 4.79 Å². The molecule has 0 bridgehead atoms. The maximum absolute atomic E-state index is 12.1. The molecule has 0 aliphatic rings. The Morgan fingerprint density at radius 3 is 2.76 bits per heavy atom. The van der Waals surface area contributed by atoms with Crippen LogP contribution in [0.15, 0.2) is 29.6 Å². The van der Waals surface area contributed by atoms with Gasteiger partial charge in [0.15, 0.2) is 5.16 Å². The van der Waals surface area contributed by atoms with E-state index in [0.29, 0.717) is 40.5 Å². The van der Waals surface area contributed by atoms with Crippen LogP contribution >= 0.6 is 23.4 Å². The first-order valence-corrected chi connectivity index (χ1v) is 9.42. The number of nitrogens with one attached hydrogen (secondary N) is 1. The molecule has 0 fully saturated rings. The average molecular weight is 382 g/mol. The van der Waals surface area contributed by atoms with Gasteiger partial charge in [-0.15, -0.1) is 0 Å². The van der Waals surface area contributed by atoms with Gasteiger partial charge in [-0.05, 0) is 37.8 Å². The summed E-state index contributed by atoms with van der Waals surface area (Å²) in [5.74, 6) is 0.622. The highest BCUT2D eigenvalue weighted by Crippen LogP contribution is 2.26. The molecule has 25 heavy (non-hydrogen) atoms. The van der Waals surface area contributed by atoms with Crippen LogP contribution < -0.4 is 10.1 Å². The standard InChI is InChI=1S/C17H20ClN3O3S/c1-4-23-14-7-6-11(8-13(14)18)9-19-15-12(16(22)24-5-2)10-20-17(21-15)25-3/h6-8,10H,4-5,9H2,1-3H3,(H,19,20,21). The molecule has 2 aromatic rings. The van der Waals surface area contributed by atoms with Gasteiger partial charge < -0.3 is 14.8 Å². The molecule has 0 saturated heterocycles. The molecule has 134 valence electrons. The number of hydrogen-bond donors (Lipinski definition) is 1. The molecule has 2 rings (SSSR count). The van der Waals surface area contributed by atoms with Crippen molar-refractivity contribution in [3.8, 4) is 5.75 Å². The van der Waals surface area contributed by atoms with Crippen LogP contribution in [0.3, 0.4) is 0 Å². The van der Waals surface area contributed by atoms with E-state index in [1.165, 1.54) is 18.0 Å². The van der Waals surface area contributed by atoms with Crippen molar-refractivity contribution in [1.82, 2.24) is 9.97 Å². The number of aromatic nitrogens is 2. The molecule has 1 N–H and O–H groups in total. The third-order valence-corrected chi connectivity index (χ3v) is 4.06. The molecule has 0 radical (unpaired) electrons. The van der Waals surface area contributed by atoms with Crippen molar-refractivity contribution >= 4 is 35.1 Å². The van der Waals surface area contributed by atoms with E-state index < -0.39 is 5.97 Å². The molecule has 1 heterocycles. The summed E-state index contributed by atoms with van der Waals surface area (Å²) in [7, 11) is 0. The van der Waals surface area contributed by atoms with E-state index in [4.69, 9.17) is 21.1 Å². The summed E-state index contributed by atoms with van der Waals surface area (Å²) < 4.78 is 10.5. The van der Waals surface area contributed by atoms with Gasteiger partial charge in [-0.2, -0.15) is 0 Å². The number of thioether (sulfide) groups is 1. The zero-order chi connectivity index (χ0) is 18.2. The highest BCUT2D eigenvalue weighted by atomic mass is 35.5. The van der Waals surface area contributed by atoms with Crippen LogP contribution in [-0.2, 0) is 11.3 Å². The van der Waals surface area contributed by atoms with E-state index in [2.05, 4.69) is 15.3 Å². The summed E-state index contributed by atoms with van der Waals surface area (Å²) in [6.45, 7) is 4.95. The number of ether oxygens (including phenoxy) is 2. The van der Waals surface area contributed by atoms with Gasteiger partial charge in [0, 0.05) is 12.7 Å². The predicted molar refractivity (Wildman–Crippen MR) is 99.7 cm³/mol. The third-order valence-electron chi connectivity index (χ3n) is 3.20. The molecule has 0 unspecified atom stereocenters. The fraction of sp³-hybridized carbons (Fsp3) is 0.353. The van der Waals surface area contributed by atoms with Crippen molar-refractivity contribution < 1.29 is 14.3 Å². The number of anilines is 1. The van der Waals surface area contributed by atoms with E-state index in [0.717, 1.165) is 5.56 Å². The molecule has 0 atom stereocenters. The van der Waals surface area contributed by atoms with Crippen LogP contribution in [0.25, 0.3) is 0 Å². The van der Waals surface area contributed by atoms with Crippen molar-refractivity contribution in [1.29, 1.82) is 0 Å². The van der Waals surface area contributed by atoms with E-state index in [1.54, 1.807) is 6.92 Å². The van der Waals surface area contributed by atoms with Crippen molar-refractivity contribution in [2.45, 2.75) is 25.5 Å². The largest absolute Gasteiger partial charge is 0.492 e. The molecular weight excluding hydrogens is 362 g/mol. The van der Waals surface area contributed by atoms with Gasteiger partial charge in [0.1, 0.15) is 17.1 Å². The second kappa shape index (κ2) is 9.48. The van der Waals surface area contributed by atoms with Gasteiger partial charge >= 0.3 is 5.97 Å². The Bertz CT molecular complexity index is 743. The number of nitrogens with zero attached hydrogens (tertiary/aromatic N) is 2. The van der Waals surface area contributed by atoms with Gasteiger partial charge in [-0.25, -0.2) is 14.8 Å². The minimum atomic E-state index is -0.456. The Morgan fingerprint density at radius 2 is 2.12 bits per heavy atom. The molecule has 0 aliphatic heterocycles. The van der Waals surface area contributed by atoms with Gasteiger partial charge in [-0.1, -0.05) is 29.4 Å². The highest BCUT2D eigenvalue weighted by molar-refractivity contribution is 7.98. The second-order valence-electron chi connectivity index (χ2n) is 4.89. The number of rotatable bonds is 8. The zero-order valence-corrected chi connectivity index (χ0v) is 15.9. The fourth-order valence-corrected chi connectivity index (χ4v) is 2.67. The predicted octanol–water partition coefficient (Wildman–Crippen LogP) is 4.04. The van der Waals surface area contributed by atoms with Gasteiger partial charge in [0.25, 0.3) is 0 Å². The lowest BCUT2D eigenvalue weighted by Gasteiger charge is -2.12. The van der Waals surface area contributed by atoms with Crippen LogP contribution in [0.1, 0.15) is 29.8 Å². The highest BCUT2D eigenvalue weighted by Gasteiger charge is 2.16. The van der Waals surface area contributed by atoms with Crippen molar-refractivity contribution in [2.24, 2.45) is 0 Å². The topological polar surface area (TPSA) is 73.3 Å².